The fraction of sp³-hybridized carbons (Fsp3) is 0.571. The van der Waals surface area contributed by atoms with Crippen LogP contribution in [0.25, 0.3) is 34.1 Å². The van der Waals surface area contributed by atoms with Crippen LogP contribution in [0, 0.1) is 17.8 Å². The first kappa shape index (κ1) is 26.1. The quantitative estimate of drug-likeness (QED) is 0.307. The lowest BCUT2D eigenvalue weighted by Gasteiger charge is -2.35. The lowest BCUT2D eigenvalue weighted by Crippen LogP contribution is -2.36. The zero-order chi connectivity index (χ0) is 27.1. The number of aromatic nitrogens is 7. The third-order valence-electron chi connectivity index (χ3n) is 8.79. The van der Waals surface area contributed by atoms with Crippen molar-refractivity contribution in [1.82, 2.24) is 34.7 Å². The maximum absolute atomic E-state index is 11.7. The van der Waals surface area contributed by atoms with Gasteiger partial charge in [-0.25, -0.2) is 24.8 Å². The number of aromatic amines is 1. The molecule has 10 nitrogen and oxygen atoms in total. The van der Waals surface area contributed by atoms with Gasteiger partial charge in [0.15, 0.2) is 5.65 Å². The van der Waals surface area contributed by atoms with Crippen LogP contribution in [0.1, 0.15) is 71.0 Å². The molecule has 206 valence electrons. The second-order valence-corrected chi connectivity index (χ2v) is 11.8. The number of methoxy groups -OCH3 is 1. The third kappa shape index (κ3) is 4.89. The average Bonchev–Trinajstić information content (AvgIpc) is 3.70. The predicted octanol–water partition coefficient (Wildman–Crippen LogP) is 5.76. The van der Waals surface area contributed by atoms with E-state index in [0.717, 1.165) is 42.2 Å². The summed E-state index contributed by atoms with van der Waals surface area (Å²) in [5.74, 6) is 1.96. The molecule has 0 bridgehead atoms. The Balaban J connectivity index is 1.61. The Morgan fingerprint density at radius 1 is 1.13 bits per heavy atom. The summed E-state index contributed by atoms with van der Waals surface area (Å²) in [5.41, 5.74) is 2.04. The molecule has 0 aromatic carbocycles. The van der Waals surface area contributed by atoms with Crippen LogP contribution >= 0.6 is 11.6 Å². The lowest BCUT2D eigenvalue weighted by atomic mass is 9.82. The topological polar surface area (TPSA) is 125 Å². The van der Waals surface area contributed by atoms with Crippen molar-refractivity contribution in [3.8, 4) is 23.0 Å². The number of hydrogen-bond acceptors (Lipinski definition) is 8. The lowest BCUT2D eigenvalue weighted by molar-refractivity contribution is -0.0567. The molecule has 1 N–H and O–H groups in total. The summed E-state index contributed by atoms with van der Waals surface area (Å²) in [6.45, 7) is 5.29. The Morgan fingerprint density at radius 3 is 2.56 bits per heavy atom. The fourth-order valence-corrected chi connectivity index (χ4v) is 6.62. The van der Waals surface area contributed by atoms with E-state index < -0.39 is 11.4 Å². The van der Waals surface area contributed by atoms with E-state index >= 15 is 0 Å². The molecule has 0 saturated heterocycles. The molecule has 4 heterocycles. The smallest absolute Gasteiger partial charge is 0.384 e. The van der Waals surface area contributed by atoms with Crippen molar-refractivity contribution >= 4 is 22.8 Å². The maximum atomic E-state index is 11.7. The van der Waals surface area contributed by atoms with Crippen LogP contribution < -0.4 is 5.76 Å². The SMILES string of the molecule is COC(C)(c1nc2nc(-c3n[nH]c(=O)o3)nc(-c3cncc(Cl)c3)c2n1C[C@H]1CC[C@H](C)CC1)C1CCCC1. The van der Waals surface area contributed by atoms with Gasteiger partial charge in [0.05, 0.1) is 5.02 Å². The van der Waals surface area contributed by atoms with Gasteiger partial charge in [-0.1, -0.05) is 44.2 Å². The largest absolute Gasteiger partial charge is 0.434 e. The second-order valence-electron chi connectivity index (χ2n) is 11.3. The van der Waals surface area contributed by atoms with E-state index in [9.17, 15) is 4.79 Å². The standard InChI is InChI=1S/C28H34ClN7O3/c1-16-8-10-17(11-9-16)15-36-22-21(18-12-20(29)14-30-13-18)31-24(25-34-35-27(37)39-25)32-23(22)33-26(36)28(2,38-3)19-6-4-5-7-19/h12-14,16-17,19H,4-11,15H2,1-3H3,(H,35,37)/t16-,17-,28?. The van der Waals surface area contributed by atoms with Gasteiger partial charge in [0.25, 0.3) is 5.89 Å². The molecule has 1 unspecified atom stereocenters. The number of fused-ring (bicyclic) bond motifs is 1. The van der Waals surface area contributed by atoms with Crippen molar-refractivity contribution in [2.24, 2.45) is 17.8 Å². The van der Waals surface area contributed by atoms with E-state index in [-0.39, 0.29) is 11.7 Å². The Kier molecular flexibility index (Phi) is 7.01. The van der Waals surface area contributed by atoms with Crippen LogP contribution in [0.5, 0.6) is 0 Å². The van der Waals surface area contributed by atoms with Crippen LogP contribution in [0.3, 0.4) is 0 Å². The highest BCUT2D eigenvalue weighted by atomic mass is 35.5. The summed E-state index contributed by atoms with van der Waals surface area (Å²) in [5, 5.41) is 6.76. The van der Waals surface area contributed by atoms with Crippen LogP contribution in [-0.2, 0) is 16.9 Å². The van der Waals surface area contributed by atoms with Gasteiger partial charge in [0.2, 0.25) is 5.82 Å². The Labute approximate surface area is 231 Å². The molecule has 11 heteroatoms. The van der Waals surface area contributed by atoms with Crippen molar-refractivity contribution in [3.63, 3.8) is 0 Å². The number of halogens is 1. The molecule has 0 aliphatic heterocycles. The zero-order valence-corrected chi connectivity index (χ0v) is 23.4. The van der Waals surface area contributed by atoms with Gasteiger partial charge in [-0.3, -0.25) is 4.98 Å². The number of H-pyrrole nitrogens is 1. The molecule has 1 atom stereocenters. The molecule has 0 amide bonds. The zero-order valence-electron chi connectivity index (χ0n) is 22.6. The number of rotatable bonds is 7. The highest BCUT2D eigenvalue weighted by molar-refractivity contribution is 6.30. The first-order valence-electron chi connectivity index (χ1n) is 13.9. The van der Waals surface area contributed by atoms with Crippen molar-refractivity contribution < 1.29 is 9.15 Å². The molecule has 2 fully saturated rings. The van der Waals surface area contributed by atoms with E-state index in [1.165, 1.54) is 38.5 Å². The molecule has 2 aliphatic carbocycles. The van der Waals surface area contributed by atoms with Crippen molar-refractivity contribution in [3.05, 3.63) is 39.9 Å². The number of nitrogens with one attached hydrogen (secondary N) is 1. The van der Waals surface area contributed by atoms with Gasteiger partial charge in [-0.15, -0.1) is 5.10 Å². The van der Waals surface area contributed by atoms with E-state index in [0.29, 0.717) is 28.2 Å². The monoisotopic (exact) mass is 551 g/mol. The van der Waals surface area contributed by atoms with Crippen molar-refractivity contribution in [2.75, 3.05) is 7.11 Å². The van der Waals surface area contributed by atoms with Gasteiger partial charge in [-0.05, 0) is 56.4 Å². The van der Waals surface area contributed by atoms with E-state index in [1.54, 1.807) is 19.5 Å². The maximum Gasteiger partial charge on any atom is 0.434 e. The summed E-state index contributed by atoms with van der Waals surface area (Å²) in [7, 11) is 1.78. The van der Waals surface area contributed by atoms with Gasteiger partial charge in [-0.2, -0.15) is 0 Å². The molecule has 39 heavy (non-hydrogen) atoms. The number of ether oxygens (including phenoxy) is 1. The number of hydrogen-bond donors (Lipinski definition) is 1. The summed E-state index contributed by atoms with van der Waals surface area (Å²) in [4.78, 5) is 30.8. The van der Waals surface area contributed by atoms with E-state index in [4.69, 9.17) is 35.7 Å². The Morgan fingerprint density at radius 2 is 1.90 bits per heavy atom. The molecule has 2 aliphatic rings. The van der Waals surface area contributed by atoms with Gasteiger partial charge >= 0.3 is 5.76 Å². The average molecular weight is 552 g/mol. The highest BCUT2D eigenvalue weighted by Crippen LogP contribution is 2.44. The molecule has 0 spiro atoms. The molecule has 4 aromatic rings. The van der Waals surface area contributed by atoms with Crippen molar-refractivity contribution in [2.45, 2.75) is 77.4 Å². The minimum atomic E-state index is -0.675. The normalized spacial score (nSPS) is 21.9. The van der Waals surface area contributed by atoms with Crippen LogP contribution in [0.2, 0.25) is 5.02 Å². The third-order valence-corrected chi connectivity index (χ3v) is 9.00. The second kappa shape index (κ2) is 10.5. The van der Waals surface area contributed by atoms with Crippen molar-refractivity contribution in [1.29, 1.82) is 0 Å². The van der Waals surface area contributed by atoms with Crippen LogP contribution in [0.15, 0.2) is 27.7 Å². The molecule has 4 aromatic heterocycles. The molecule has 2 saturated carbocycles. The fourth-order valence-electron chi connectivity index (χ4n) is 6.44. The summed E-state index contributed by atoms with van der Waals surface area (Å²) in [6.07, 6.45) is 12.6. The molecule has 0 radical (unpaired) electrons. The summed E-state index contributed by atoms with van der Waals surface area (Å²) < 4.78 is 13.8. The number of imidazole rings is 1. The number of pyridine rings is 1. The van der Waals surface area contributed by atoms with E-state index in [1.807, 2.05) is 6.07 Å². The Bertz CT molecular complexity index is 1530. The van der Waals surface area contributed by atoms with Crippen LogP contribution in [-0.4, -0.2) is 41.8 Å². The molecular formula is C28H34ClN7O3. The van der Waals surface area contributed by atoms with Gasteiger partial charge in [0, 0.05) is 31.6 Å². The Hall–Kier alpha value is -3.11. The minimum absolute atomic E-state index is 0.000742. The van der Waals surface area contributed by atoms with Gasteiger partial charge in [0.1, 0.15) is 22.6 Å². The molecular weight excluding hydrogens is 518 g/mol. The van der Waals surface area contributed by atoms with Gasteiger partial charge < -0.3 is 13.7 Å². The van der Waals surface area contributed by atoms with E-state index in [2.05, 4.69) is 33.6 Å². The summed E-state index contributed by atoms with van der Waals surface area (Å²) in [6, 6.07) is 1.83. The first-order valence-corrected chi connectivity index (χ1v) is 14.2. The molecule has 6 rings (SSSR count). The highest BCUT2D eigenvalue weighted by Gasteiger charge is 2.43. The summed E-state index contributed by atoms with van der Waals surface area (Å²) >= 11 is 6.38. The minimum Gasteiger partial charge on any atom is -0.384 e. The first-order chi connectivity index (χ1) is 18.9. The number of nitrogens with zero attached hydrogens (tertiary/aromatic N) is 6. The predicted molar refractivity (Wildman–Crippen MR) is 147 cm³/mol. The van der Waals surface area contributed by atoms with Crippen LogP contribution in [0.4, 0.5) is 0 Å².